The zero-order valence-corrected chi connectivity index (χ0v) is 11.0. The second kappa shape index (κ2) is 4.38. The van der Waals surface area contributed by atoms with E-state index in [0.29, 0.717) is 6.54 Å². The molecule has 0 spiro atoms. The van der Waals surface area contributed by atoms with Crippen LogP contribution >= 0.6 is 11.7 Å². The Balaban J connectivity index is 1.78. The fraction of sp³-hybridized carbons (Fsp3) is 0.250. The van der Waals surface area contributed by atoms with Crippen molar-refractivity contribution >= 4 is 28.4 Å². The van der Waals surface area contributed by atoms with Gasteiger partial charge in [0.2, 0.25) is 0 Å². The van der Waals surface area contributed by atoms with Gasteiger partial charge in [-0.05, 0) is 37.6 Å². The SMILES string of the molecule is Cc1[nH]nc(CNc2ccc3nsnc3c2)c1C. The molecule has 2 heterocycles. The molecule has 0 fully saturated rings. The molecular weight excluding hydrogens is 246 g/mol. The van der Waals surface area contributed by atoms with Crippen LogP contribution in [-0.2, 0) is 6.54 Å². The average Bonchev–Trinajstić information content (AvgIpc) is 2.96. The third kappa shape index (κ3) is 1.95. The number of nitrogens with one attached hydrogen (secondary N) is 2. The van der Waals surface area contributed by atoms with Crippen molar-refractivity contribution in [2.75, 3.05) is 5.32 Å². The predicted octanol–water partition coefficient (Wildman–Crippen LogP) is 2.64. The highest BCUT2D eigenvalue weighted by Crippen LogP contribution is 2.18. The van der Waals surface area contributed by atoms with Crippen molar-refractivity contribution in [2.45, 2.75) is 20.4 Å². The second-order valence-corrected chi connectivity index (χ2v) is 4.77. The Labute approximate surface area is 109 Å². The Morgan fingerprint density at radius 2 is 2.06 bits per heavy atom. The summed E-state index contributed by atoms with van der Waals surface area (Å²) in [5.74, 6) is 0. The number of hydrogen-bond donors (Lipinski definition) is 2. The number of rotatable bonds is 3. The highest BCUT2D eigenvalue weighted by Gasteiger charge is 2.05. The van der Waals surface area contributed by atoms with Crippen molar-refractivity contribution < 1.29 is 0 Å². The zero-order chi connectivity index (χ0) is 12.5. The van der Waals surface area contributed by atoms with Crippen LogP contribution in [0.5, 0.6) is 0 Å². The molecule has 0 saturated carbocycles. The number of fused-ring (bicyclic) bond motifs is 1. The number of H-pyrrole nitrogens is 1. The van der Waals surface area contributed by atoms with Crippen LogP contribution in [0.4, 0.5) is 5.69 Å². The monoisotopic (exact) mass is 259 g/mol. The first-order chi connectivity index (χ1) is 8.74. The molecule has 0 radical (unpaired) electrons. The quantitative estimate of drug-likeness (QED) is 0.759. The zero-order valence-electron chi connectivity index (χ0n) is 10.2. The first-order valence-electron chi connectivity index (χ1n) is 5.70. The fourth-order valence-corrected chi connectivity index (χ4v) is 2.30. The molecule has 3 rings (SSSR count). The topological polar surface area (TPSA) is 66.5 Å². The summed E-state index contributed by atoms with van der Waals surface area (Å²) in [6, 6.07) is 6.00. The Morgan fingerprint density at radius 1 is 1.22 bits per heavy atom. The predicted molar refractivity (Wildman–Crippen MR) is 72.8 cm³/mol. The van der Waals surface area contributed by atoms with Crippen LogP contribution in [0.25, 0.3) is 11.0 Å². The van der Waals surface area contributed by atoms with Gasteiger partial charge in [-0.15, -0.1) is 0 Å². The van der Waals surface area contributed by atoms with Gasteiger partial charge in [-0.25, -0.2) is 0 Å². The summed E-state index contributed by atoms with van der Waals surface area (Å²) in [6.45, 7) is 4.81. The highest BCUT2D eigenvalue weighted by atomic mass is 32.1. The summed E-state index contributed by atoms with van der Waals surface area (Å²) in [4.78, 5) is 0. The van der Waals surface area contributed by atoms with E-state index in [0.717, 1.165) is 28.1 Å². The van der Waals surface area contributed by atoms with Crippen molar-refractivity contribution in [1.29, 1.82) is 0 Å². The molecular formula is C12H13N5S. The van der Waals surface area contributed by atoms with E-state index >= 15 is 0 Å². The average molecular weight is 259 g/mol. The standard InChI is InChI=1S/C12H13N5S/c1-7-8(2)14-15-12(7)6-13-9-3-4-10-11(5-9)17-18-16-10/h3-5,13H,6H2,1-2H3,(H,14,15). The van der Waals surface area contributed by atoms with Crippen LogP contribution in [-0.4, -0.2) is 18.9 Å². The normalized spacial score (nSPS) is 11.0. The number of benzene rings is 1. The third-order valence-corrected chi connectivity index (χ3v) is 3.62. The van der Waals surface area contributed by atoms with Crippen LogP contribution in [0.1, 0.15) is 17.0 Å². The number of nitrogens with zero attached hydrogens (tertiary/aromatic N) is 3. The van der Waals surface area contributed by atoms with Gasteiger partial charge in [0.05, 0.1) is 24.0 Å². The van der Waals surface area contributed by atoms with Crippen molar-refractivity contribution in [3.63, 3.8) is 0 Å². The molecule has 2 aromatic heterocycles. The summed E-state index contributed by atoms with van der Waals surface area (Å²) in [6.07, 6.45) is 0. The first kappa shape index (κ1) is 11.2. The first-order valence-corrected chi connectivity index (χ1v) is 6.44. The van der Waals surface area contributed by atoms with Gasteiger partial charge in [-0.1, -0.05) is 0 Å². The van der Waals surface area contributed by atoms with E-state index < -0.39 is 0 Å². The van der Waals surface area contributed by atoms with Gasteiger partial charge >= 0.3 is 0 Å². The maximum atomic E-state index is 4.27. The van der Waals surface area contributed by atoms with Crippen LogP contribution in [0, 0.1) is 13.8 Å². The van der Waals surface area contributed by atoms with E-state index in [2.05, 4.69) is 31.2 Å². The number of hydrogen-bond acceptors (Lipinski definition) is 5. The largest absolute Gasteiger partial charge is 0.379 e. The van der Waals surface area contributed by atoms with E-state index in [1.165, 1.54) is 17.3 Å². The summed E-state index contributed by atoms with van der Waals surface area (Å²) in [7, 11) is 0. The van der Waals surface area contributed by atoms with E-state index in [4.69, 9.17) is 0 Å². The minimum absolute atomic E-state index is 0.708. The lowest BCUT2D eigenvalue weighted by Gasteiger charge is -2.04. The third-order valence-electron chi connectivity index (χ3n) is 3.07. The molecule has 18 heavy (non-hydrogen) atoms. The maximum Gasteiger partial charge on any atom is 0.106 e. The van der Waals surface area contributed by atoms with E-state index in [9.17, 15) is 0 Å². The molecule has 6 heteroatoms. The van der Waals surface area contributed by atoms with Crippen LogP contribution in [0.15, 0.2) is 18.2 Å². The smallest absolute Gasteiger partial charge is 0.106 e. The molecule has 0 unspecified atom stereocenters. The molecule has 0 aliphatic rings. The van der Waals surface area contributed by atoms with Crippen LogP contribution in [0.2, 0.25) is 0 Å². The number of aryl methyl sites for hydroxylation is 1. The van der Waals surface area contributed by atoms with E-state index in [-0.39, 0.29) is 0 Å². The fourth-order valence-electron chi connectivity index (χ4n) is 1.79. The lowest BCUT2D eigenvalue weighted by Crippen LogP contribution is -2.01. The van der Waals surface area contributed by atoms with E-state index in [1.807, 2.05) is 25.1 Å². The second-order valence-electron chi connectivity index (χ2n) is 4.24. The van der Waals surface area contributed by atoms with Crippen molar-refractivity contribution in [3.05, 3.63) is 35.2 Å². The van der Waals surface area contributed by atoms with Gasteiger partial charge in [0, 0.05) is 11.4 Å². The van der Waals surface area contributed by atoms with Gasteiger partial charge < -0.3 is 5.32 Å². The summed E-state index contributed by atoms with van der Waals surface area (Å²) >= 11 is 1.24. The highest BCUT2D eigenvalue weighted by molar-refractivity contribution is 7.00. The minimum atomic E-state index is 0.708. The van der Waals surface area contributed by atoms with Gasteiger partial charge in [0.15, 0.2) is 0 Å². The molecule has 3 aromatic rings. The van der Waals surface area contributed by atoms with Crippen LogP contribution in [0.3, 0.4) is 0 Å². The molecule has 0 aliphatic heterocycles. The Morgan fingerprint density at radius 3 is 2.83 bits per heavy atom. The van der Waals surface area contributed by atoms with Crippen molar-refractivity contribution in [2.24, 2.45) is 0 Å². The summed E-state index contributed by atoms with van der Waals surface area (Å²) in [5.41, 5.74) is 6.28. The molecule has 0 aliphatic carbocycles. The number of aromatic nitrogens is 4. The lowest BCUT2D eigenvalue weighted by molar-refractivity contribution is 0.966. The minimum Gasteiger partial charge on any atom is -0.379 e. The summed E-state index contributed by atoms with van der Waals surface area (Å²) < 4.78 is 8.41. The molecule has 2 N–H and O–H groups in total. The Kier molecular flexibility index (Phi) is 2.71. The lowest BCUT2D eigenvalue weighted by atomic mass is 10.2. The Hall–Kier alpha value is -1.95. The van der Waals surface area contributed by atoms with Gasteiger partial charge in [-0.2, -0.15) is 13.8 Å². The number of aromatic amines is 1. The van der Waals surface area contributed by atoms with Gasteiger partial charge in [-0.3, -0.25) is 5.10 Å². The maximum absolute atomic E-state index is 4.27. The molecule has 0 bridgehead atoms. The van der Waals surface area contributed by atoms with Crippen LogP contribution < -0.4 is 5.32 Å². The van der Waals surface area contributed by atoms with Crippen molar-refractivity contribution in [3.8, 4) is 0 Å². The van der Waals surface area contributed by atoms with Gasteiger partial charge in [0.25, 0.3) is 0 Å². The van der Waals surface area contributed by atoms with Gasteiger partial charge in [0.1, 0.15) is 11.0 Å². The number of anilines is 1. The molecule has 5 nitrogen and oxygen atoms in total. The molecule has 0 amide bonds. The Bertz CT molecular complexity index is 685. The molecule has 1 aromatic carbocycles. The molecule has 92 valence electrons. The van der Waals surface area contributed by atoms with E-state index in [1.54, 1.807) is 0 Å². The molecule has 0 saturated heterocycles. The molecule has 0 atom stereocenters. The van der Waals surface area contributed by atoms with Crippen molar-refractivity contribution in [1.82, 2.24) is 18.9 Å². The summed E-state index contributed by atoms with van der Waals surface area (Å²) in [5, 5.41) is 10.6.